The number of pyridine rings is 1. The Bertz CT molecular complexity index is 1780. The number of guanidine groups is 1. The number of para-hydroxylation sites is 1. The SMILES string of the molecule is CN(CCc1ccccn1)C(=O)c1ccc2c(c1)nc(-c1ccc(Oc3ccccc3)cc1)n2C(CCCN=C(N)N)C(N)=O. The normalized spacial score (nSPS) is 11.6. The van der Waals surface area contributed by atoms with Gasteiger partial charge in [0.15, 0.2) is 5.96 Å². The lowest BCUT2D eigenvalue weighted by Gasteiger charge is -2.19. The summed E-state index contributed by atoms with van der Waals surface area (Å²) in [5, 5.41) is 0. The minimum atomic E-state index is -0.734. The molecule has 0 aliphatic rings. The molecule has 0 bridgehead atoms. The molecule has 0 saturated carbocycles. The maximum Gasteiger partial charge on any atom is 0.253 e. The summed E-state index contributed by atoms with van der Waals surface area (Å²) >= 11 is 0. The first kappa shape index (κ1) is 30.7. The number of aliphatic imine (C=N–C) groups is 1. The van der Waals surface area contributed by atoms with Crippen molar-refractivity contribution in [3.8, 4) is 22.9 Å². The summed E-state index contributed by atoms with van der Waals surface area (Å²) in [6.07, 6.45) is 3.28. The van der Waals surface area contributed by atoms with Crippen molar-refractivity contribution in [2.45, 2.75) is 25.3 Å². The molecule has 1 atom stereocenters. The second-order valence-corrected chi connectivity index (χ2v) is 10.6. The Morgan fingerprint density at radius 2 is 1.67 bits per heavy atom. The maximum absolute atomic E-state index is 13.4. The number of primary amides is 1. The van der Waals surface area contributed by atoms with Crippen LogP contribution in [0.1, 0.15) is 34.9 Å². The molecule has 0 aliphatic heterocycles. The quantitative estimate of drug-likeness (QED) is 0.102. The van der Waals surface area contributed by atoms with Gasteiger partial charge in [0.25, 0.3) is 5.91 Å². The lowest BCUT2D eigenvalue weighted by molar-refractivity contribution is -0.121. The van der Waals surface area contributed by atoms with Crippen molar-refractivity contribution in [2.75, 3.05) is 20.1 Å². The van der Waals surface area contributed by atoms with E-state index in [2.05, 4.69) is 9.98 Å². The molecule has 0 radical (unpaired) electrons. The van der Waals surface area contributed by atoms with Crippen LogP contribution >= 0.6 is 0 Å². The standard InChI is InChI=1S/C34H36N8O3/c1-41(21-18-25-8-5-6-19-38-25)33(44)24-14-17-29-28(22-24)40-32(42(29)30(31(35)43)11-7-20-39-34(36)37)23-12-15-27(16-13-23)45-26-9-3-2-4-10-26/h2-6,8-10,12-17,19,22,30H,7,11,18,20-21H2,1H3,(H2,35,43)(H4,36,37,39). The van der Waals surface area contributed by atoms with Gasteiger partial charge in [-0.15, -0.1) is 0 Å². The van der Waals surface area contributed by atoms with E-state index in [0.717, 1.165) is 11.3 Å². The van der Waals surface area contributed by atoms with Gasteiger partial charge in [-0.25, -0.2) is 4.98 Å². The number of ether oxygens (including phenoxy) is 1. The topological polar surface area (TPSA) is 168 Å². The van der Waals surface area contributed by atoms with Gasteiger partial charge in [-0.1, -0.05) is 24.3 Å². The summed E-state index contributed by atoms with van der Waals surface area (Å²) in [5.74, 6) is 1.23. The number of nitrogens with zero attached hydrogens (tertiary/aromatic N) is 5. The van der Waals surface area contributed by atoms with Crippen LogP contribution in [-0.2, 0) is 11.2 Å². The molecule has 2 heterocycles. The van der Waals surface area contributed by atoms with Crippen LogP contribution < -0.4 is 21.9 Å². The number of likely N-dealkylation sites (N-methyl/N-ethyl adjacent to an activating group) is 1. The van der Waals surface area contributed by atoms with E-state index in [-0.39, 0.29) is 11.9 Å². The molecule has 11 heteroatoms. The Hall–Kier alpha value is -5.71. The highest BCUT2D eigenvalue weighted by atomic mass is 16.5. The van der Waals surface area contributed by atoms with Gasteiger partial charge in [-0.3, -0.25) is 19.6 Å². The molecule has 5 aromatic rings. The lowest BCUT2D eigenvalue weighted by atomic mass is 10.1. The summed E-state index contributed by atoms with van der Waals surface area (Å²) in [7, 11) is 1.76. The van der Waals surface area contributed by atoms with Crippen molar-refractivity contribution in [1.29, 1.82) is 0 Å². The summed E-state index contributed by atoms with van der Waals surface area (Å²) in [4.78, 5) is 41.2. The van der Waals surface area contributed by atoms with Crippen LogP contribution in [-0.4, -0.2) is 57.3 Å². The first-order chi connectivity index (χ1) is 21.8. The molecule has 11 nitrogen and oxygen atoms in total. The number of aromatic nitrogens is 3. The highest BCUT2D eigenvalue weighted by Crippen LogP contribution is 2.33. The van der Waals surface area contributed by atoms with E-state index in [1.54, 1.807) is 30.3 Å². The monoisotopic (exact) mass is 604 g/mol. The molecule has 45 heavy (non-hydrogen) atoms. The van der Waals surface area contributed by atoms with E-state index >= 15 is 0 Å². The number of fused-ring (bicyclic) bond motifs is 1. The first-order valence-electron chi connectivity index (χ1n) is 14.7. The Morgan fingerprint density at radius 1 is 0.933 bits per heavy atom. The minimum absolute atomic E-state index is 0.0144. The molecule has 230 valence electrons. The van der Waals surface area contributed by atoms with Crippen LogP contribution in [0, 0.1) is 0 Å². The Labute approximate surface area is 261 Å². The zero-order chi connectivity index (χ0) is 31.8. The van der Waals surface area contributed by atoms with E-state index < -0.39 is 11.9 Å². The number of hydrogen-bond donors (Lipinski definition) is 3. The van der Waals surface area contributed by atoms with E-state index in [4.69, 9.17) is 26.9 Å². The number of rotatable bonds is 13. The summed E-state index contributed by atoms with van der Waals surface area (Å²) in [5.41, 5.74) is 20.3. The van der Waals surface area contributed by atoms with Crippen LogP contribution in [0.2, 0.25) is 0 Å². The smallest absolute Gasteiger partial charge is 0.253 e. The van der Waals surface area contributed by atoms with Crippen LogP contribution in [0.15, 0.2) is 102 Å². The van der Waals surface area contributed by atoms with Gasteiger partial charge >= 0.3 is 0 Å². The predicted molar refractivity (Wildman–Crippen MR) is 175 cm³/mol. The molecule has 2 amide bonds. The van der Waals surface area contributed by atoms with Crippen molar-refractivity contribution in [3.63, 3.8) is 0 Å². The second-order valence-electron chi connectivity index (χ2n) is 10.6. The minimum Gasteiger partial charge on any atom is -0.457 e. The fourth-order valence-corrected chi connectivity index (χ4v) is 5.09. The van der Waals surface area contributed by atoms with Crippen molar-refractivity contribution < 1.29 is 14.3 Å². The molecular formula is C34H36N8O3. The number of carbonyl (C=O) groups is 2. The second kappa shape index (κ2) is 14.2. The van der Waals surface area contributed by atoms with Gasteiger partial charge in [-0.05, 0) is 79.6 Å². The van der Waals surface area contributed by atoms with E-state index in [1.165, 1.54) is 0 Å². The third-order valence-corrected chi connectivity index (χ3v) is 7.37. The van der Waals surface area contributed by atoms with E-state index in [1.807, 2.05) is 83.4 Å². The molecule has 2 aromatic heterocycles. The number of benzene rings is 3. The fourth-order valence-electron chi connectivity index (χ4n) is 5.09. The summed E-state index contributed by atoms with van der Waals surface area (Å²) < 4.78 is 7.79. The van der Waals surface area contributed by atoms with Crippen LogP contribution in [0.5, 0.6) is 11.5 Å². The average Bonchev–Trinajstić information content (AvgIpc) is 3.42. The summed E-state index contributed by atoms with van der Waals surface area (Å²) in [6.45, 7) is 0.855. The van der Waals surface area contributed by atoms with E-state index in [9.17, 15) is 9.59 Å². The number of carbonyl (C=O) groups excluding carboxylic acids is 2. The predicted octanol–water partition coefficient (Wildman–Crippen LogP) is 4.29. The van der Waals surface area contributed by atoms with Crippen molar-refractivity contribution in [3.05, 3.63) is 108 Å². The largest absolute Gasteiger partial charge is 0.457 e. The van der Waals surface area contributed by atoms with Gasteiger partial charge in [-0.2, -0.15) is 0 Å². The van der Waals surface area contributed by atoms with Gasteiger partial charge in [0.05, 0.1) is 11.0 Å². The Morgan fingerprint density at radius 3 is 2.36 bits per heavy atom. The van der Waals surface area contributed by atoms with E-state index in [0.29, 0.717) is 66.3 Å². The molecule has 1 unspecified atom stereocenters. The highest BCUT2D eigenvalue weighted by Gasteiger charge is 2.25. The fraction of sp³-hybridized carbons (Fsp3) is 0.206. The molecule has 5 rings (SSSR count). The zero-order valence-electron chi connectivity index (χ0n) is 25.0. The average molecular weight is 605 g/mol. The molecular weight excluding hydrogens is 568 g/mol. The molecule has 3 aromatic carbocycles. The summed E-state index contributed by atoms with van der Waals surface area (Å²) in [6, 6.07) is 27.2. The molecule has 0 spiro atoms. The van der Waals surface area contributed by atoms with Gasteiger partial charge < -0.3 is 31.4 Å². The van der Waals surface area contributed by atoms with Gasteiger partial charge in [0.1, 0.15) is 23.4 Å². The van der Waals surface area contributed by atoms with Gasteiger partial charge in [0.2, 0.25) is 5.91 Å². The Kier molecular flexibility index (Phi) is 9.68. The lowest BCUT2D eigenvalue weighted by Crippen LogP contribution is -2.29. The molecule has 0 aliphatic carbocycles. The van der Waals surface area contributed by atoms with Crippen molar-refractivity contribution >= 4 is 28.8 Å². The van der Waals surface area contributed by atoms with Gasteiger partial charge in [0, 0.05) is 49.6 Å². The third-order valence-electron chi connectivity index (χ3n) is 7.37. The van der Waals surface area contributed by atoms with Crippen LogP contribution in [0.25, 0.3) is 22.4 Å². The molecule has 0 saturated heterocycles. The number of hydrogen-bond acceptors (Lipinski definition) is 6. The zero-order valence-corrected chi connectivity index (χ0v) is 25.0. The first-order valence-corrected chi connectivity index (χ1v) is 14.7. The molecule has 6 N–H and O–H groups in total. The Balaban J connectivity index is 1.47. The number of nitrogens with two attached hydrogens (primary N) is 3. The number of imidazole rings is 1. The number of amides is 2. The third kappa shape index (κ3) is 7.63. The van der Waals surface area contributed by atoms with Crippen LogP contribution in [0.3, 0.4) is 0 Å². The van der Waals surface area contributed by atoms with Crippen molar-refractivity contribution in [1.82, 2.24) is 19.4 Å². The molecule has 0 fully saturated rings. The highest BCUT2D eigenvalue weighted by molar-refractivity contribution is 5.98. The van der Waals surface area contributed by atoms with Crippen molar-refractivity contribution in [2.24, 2.45) is 22.2 Å². The maximum atomic E-state index is 13.4. The van der Waals surface area contributed by atoms with Crippen LogP contribution in [0.4, 0.5) is 0 Å².